The van der Waals surface area contributed by atoms with E-state index in [1.807, 2.05) is 0 Å². The second-order valence-corrected chi connectivity index (χ2v) is 4.47. The number of ether oxygens (including phenoxy) is 1. The van der Waals surface area contributed by atoms with Crippen LogP contribution < -0.4 is 4.74 Å². The van der Waals surface area contributed by atoms with Crippen LogP contribution in [0.2, 0.25) is 0 Å². The van der Waals surface area contributed by atoms with Crippen LogP contribution in [-0.2, 0) is 5.88 Å². The summed E-state index contributed by atoms with van der Waals surface area (Å²) < 4.78 is 32.3. The minimum Gasteiger partial charge on any atom is -0.435 e. The molecule has 3 nitrogen and oxygen atoms in total. The van der Waals surface area contributed by atoms with Crippen molar-refractivity contribution in [1.82, 2.24) is 9.97 Å². The maximum Gasteiger partial charge on any atom is 0.226 e. The van der Waals surface area contributed by atoms with Crippen molar-refractivity contribution in [3.63, 3.8) is 0 Å². The van der Waals surface area contributed by atoms with Gasteiger partial charge in [0.05, 0.1) is 5.88 Å². The van der Waals surface area contributed by atoms with E-state index in [4.69, 9.17) is 16.3 Å². The second kappa shape index (κ2) is 5.58. The highest BCUT2D eigenvalue weighted by molar-refractivity contribution is 9.10. The van der Waals surface area contributed by atoms with E-state index in [9.17, 15) is 8.78 Å². The molecule has 0 fully saturated rings. The van der Waals surface area contributed by atoms with E-state index in [1.54, 1.807) is 0 Å². The van der Waals surface area contributed by atoms with E-state index < -0.39 is 11.6 Å². The minimum atomic E-state index is -1.09. The summed E-state index contributed by atoms with van der Waals surface area (Å²) in [7, 11) is 0. The van der Waals surface area contributed by atoms with Gasteiger partial charge in [-0.2, -0.15) is 4.39 Å². The smallest absolute Gasteiger partial charge is 0.226 e. The Morgan fingerprint density at radius 2 is 2.11 bits per heavy atom. The molecule has 0 amide bonds. The van der Waals surface area contributed by atoms with Crippen molar-refractivity contribution in [2.45, 2.75) is 5.88 Å². The van der Waals surface area contributed by atoms with Gasteiger partial charge in [-0.05, 0) is 12.1 Å². The lowest BCUT2D eigenvalue weighted by Gasteiger charge is -2.09. The molecule has 0 radical (unpaired) electrons. The second-order valence-electron chi connectivity index (χ2n) is 3.29. The van der Waals surface area contributed by atoms with Gasteiger partial charge in [-0.3, -0.25) is 0 Å². The Morgan fingerprint density at radius 3 is 2.83 bits per heavy atom. The van der Waals surface area contributed by atoms with Gasteiger partial charge in [0.1, 0.15) is 6.33 Å². The average Bonchev–Trinajstić information content (AvgIpc) is 2.36. The fourth-order valence-electron chi connectivity index (χ4n) is 1.24. The molecule has 94 valence electrons. The van der Waals surface area contributed by atoms with E-state index in [1.165, 1.54) is 18.6 Å². The summed E-state index contributed by atoms with van der Waals surface area (Å²) >= 11 is 8.71. The highest BCUT2D eigenvalue weighted by Gasteiger charge is 2.14. The Hall–Kier alpha value is -1.27. The molecule has 1 aromatic heterocycles. The molecule has 0 spiro atoms. The summed E-state index contributed by atoms with van der Waals surface area (Å²) in [5.74, 6) is -2.17. The van der Waals surface area contributed by atoms with Crippen molar-refractivity contribution >= 4 is 27.5 Å². The molecular formula is C11H6BrClF2N2O. The predicted octanol–water partition coefficient (Wildman–Crippen LogP) is 4.05. The fraction of sp³-hybridized carbons (Fsp3) is 0.0909. The highest BCUT2D eigenvalue weighted by Crippen LogP contribution is 2.30. The highest BCUT2D eigenvalue weighted by atomic mass is 79.9. The van der Waals surface area contributed by atoms with Crippen LogP contribution in [0.4, 0.5) is 8.78 Å². The van der Waals surface area contributed by atoms with Crippen LogP contribution in [0, 0.1) is 11.6 Å². The lowest BCUT2D eigenvalue weighted by atomic mass is 10.3. The van der Waals surface area contributed by atoms with E-state index in [0.717, 1.165) is 6.07 Å². The molecule has 2 aromatic rings. The summed E-state index contributed by atoms with van der Waals surface area (Å²) in [6, 6.07) is 2.31. The summed E-state index contributed by atoms with van der Waals surface area (Å²) in [5.41, 5.74) is 0.485. The molecule has 0 saturated carbocycles. The van der Waals surface area contributed by atoms with Crippen LogP contribution in [0.3, 0.4) is 0 Å². The monoisotopic (exact) mass is 334 g/mol. The summed E-state index contributed by atoms with van der Waals surface area (Å²) in [4.78, 5) is 7.59. The molecule has 1 aromatic carbocycles. The number of hydrogen-bond acceptors (Lipinski definition) is 3. The van der Waals surface area contributed by atoms with E-state index in [-0.39, 0.29) is 17.5 Å². The first-order valence-corrected chi connectivity index (χ1v) is 6.12. The molecule has 0 aliphatic heterocycles. The fourth-order valence-corrected chi connectivity index (χ4v) is 1.83. The van der Waals surface area contributed by atoms with Crippen molar-refractivity contribution in [2.75, 3.05) is 0 Å². The molecule has 0 bridgehead atoms. The van der Waals surface area contributed by atoms with Crippen LogP contribution in [0.1, 0.15) is 5.56 Å². The van der Waals surface area contributed by atoms with Gasteiger partial charge >= 0.3 is 0 Å². The molecule has 7 heteroatoms. The molecule has 0 saturated heterocycles. The molecule has 0 aliphatic rings. The third-order valence-electron chi connectivity index (χ3n) is 2.06. The minimum absolute atomic E-state index is 0.0939. The van der Waals surface area contributed by atoms with Gasteiger partial charge in [0.25, 0.3) is 0 Å². The Bertz CT molecular complexity index is 583. The van der Waals surface area contributed by atoms with Gasteiger partial charge < -0.3 is 4.74 Å². The van der Waals surface area contributed by atoms with Crippen molar-refractivity contribution in [1.29, 1.82) is 0 Å². The maximum absolute atomic E-state index is 13.5. The lowest BCUT2D eigenvalue weighted by Crippen LogP contribution is -1.97. The lowest BCUT2D eigenvalue weighted by molar-refractivity contribution is 0.401. The van der Waals surface area contributed by atoms with E-state index >= 15 is 0 Å². The average molecular weight is 336 g/mol. The van der Waals surface area contributed by atoms with Crippen LogP contribution in [0.5, 0.6) is 11.6 Å². The standard InChI is InChI=1S/C11H6BrClF2N2O/c12-7-1-8(14)10(15)9(2-7)18-11-6(3-13)4-16-5-17-11/h1-2,4-5H,3H2. The quantitative estimate of drug-likeness (QED) is 0.627. The number of hydrogen-bond donors (Lipinski definition) is 0. The normalized spacial score (nSPS) is 10.4. The van der Waals surface area contributed by atoms with Gasteiger partial charge in [0, 0.05) is 16.2 Å². The molecular weight excluding hydrogens is 329 g/mol. The Kier molecular flexibility index (Phi) is 4.08. The van der Waals surface area contributed by atoms with Crippen molar-refractivity contribution < 1.29 is 13.5 Å². The first-order valence-electron chi connectivity index (χ1n) is 4.79. The number of aromatic nitrogens is 2. The summed E-state index contributed by atoms with van der Waals surface area (Å²) in [5, 5.41) is 0. The van der Waals surface area contributed by atoms with Crippen LogP contribution in [-0.4, -0.2) is 9.97 Å². The molecule has 18 heavy (non-hydrogen) atoms. The molecule has 0 N–H and O–H groups in total. The van der Waals surface area contributed by atoms with Crippen molar-refractivity contribution in [3.8, 4) is 11.6 Å². The summed E-state index contributed by atoms with van der Waals surface area (Å²) in [6.07, 6.45) is 2.68. The van der Waals surface area contributed by atoms with Crippen LogP contribution in [0.15, 0.2) is 29.1 Å². The number of alkyl halides is 1. The Morgan fingerprint density at radius 1 is 1.33 bits per heavy atom. The topological polar surface area (TPSA) is 35.0 Å². The van der Waals surface area contributed by atoms with Crippen LogP contribution in [0.25, 0.3) is 0 Å². The van der Waals surface area contributed by atoms with Crippen LogP contribution >= 0.6 is 27.5 Å². The predicted molar refractivity (Wildman–Crippen MR) is 65.7 cm³/mol. The Labute approximate surface area is 115 Å². The molecule has 0 atom stereocenters. The SMILES string of the molecule is Fc1cc(Br)cc(Oc2ncncc2CCl)c1F. The van der Waals surface area contributed by atoms with E-state index in [0.29, 0.717) is 10.0 Å². The zero-order valence-corrected chi connectivity index (χ0v) is 11.2. The third kappa shape index (κ3) is 2.76. The first-order chi connectivity index (χ1) is 8.61. The van der Waals surface area contributed by atoms with Crippen molar-refractivity contribution in [2.24, 2.45) is 0 Å². The number of rotatable bonds is 3. The van der Waals surface area contributed by atoms with E-state index in [2.05, 4.69) is 25.9 Å². The van der Waals surface area contributed by atoms with Crippen molar-refractivity contribution in [3.05, 3.63) is 46.3 Å². The molecule has 0 unspecified atom stereocenters. The van der Waals surface area contributed by atoms with Gasteiger partial charge in [0.2, 0.25) is 11.7 Å². The van der Waals surface area contributed by atoms with Gasteiger partial charge in [0.15, 0.2) is 11.6 Å². The number of nitrogens with zero attached hydrogens (tertiary/aromatic N) is 2. The van der Waals surface area contributed by atoms with Gasteiger partial charge in [-0.15, -0.1) is 11.6 Å². The molecule has 2 rings (SSSR count). The summed E-state index contributed by atoms with van der Waals surface area (Å²) in [6.45, 7) is 0. The Balaban J connectivity index is 2.40. The third-order valence-corrected chi connectivity index (χ3v) is 2.80. The zero-order chi connectivity index (χ0) is 13.1. The molecule has 0 aliphatic carbocycles. The number of halogens is 4. The van der Waals surface area contributed by atoms with Gasteiger partial charge in [-0.25, -0.2) is 14.4 Å². The maximum atomic E-state index is 13.5. The largest absolute Gasteiger partial charge is 0.435 e. The van der Waals surface area contributed by atoms with Gasteiger partial charge in [-0.1, -0.05) is 15.9 Å². The first kappa shape index (κ1) is 13.2. The molecule has 1 heterocycles. The zero-order valence-electron chi connectivity index (χ0n) is 8.83. The number of benzene rings is 1.